The molecule has 2 N–H and O–H groups in total. The molecule has 0 bridgehead atoms. The summed E-state index contributed by atoms with van der Waals surface area (Å²) in [6, 6.07) is 16.4. The second-order valence-corrected chi connectivity index (χ2v) is 12.4. The van der Waals surface area contributed by atoms with E-state index < -0.39 is 33.9 Å². The monoisotopic (exact) mass is 645 g/mol. The molecule has 0 saturated carbocycles. The Labute approximate surface area is 269 Å². The number of carbonyl (C=O) groups excluding carboxylic acids is 2. The number of aryl methyl sites for hydroxylation is 1. The van der Waals surface area contributed by atoms with Crippen LogP contribution in [-0.4, -0.2) is 50.0 Å². The maximum atomic E-state index is 13.4. The number of nitriles is 1. The molecule has 0 fully saturated rings. The molecule has 2 amide bonds. The fourth-order valence-corrected chi connectivity index (χ4v) is 4.66. The lowest BCUT2D eigenvalue weighted by molar-refractivity contribution is -0.384. The minimum Gasteiger partial charge on any atom is -0.444 e. The van der Waals surface area contributed by atoms with Crippen LogP contribution in [0.1, 0.15) is 53.5 Å². The van der Waals surface area contributed by atoms with Gasteiger partial charge in [0.15, 0.2) is 0 Å². The number of nitrogens with zero attached hydrogens (tertiary/aromatic N) is 5. The van der Waals surface area contributed by atoms with E-state index in [4.69, 9.17) is 14.3 Å². The Morgan fingerprint density at radius 1 is 1.00 bits per heavy atom. The molecule has 2 heterocycles. The van der Waals surface area contributed by atoms with Crippen molar-refractivity contribution in [3.05, 3.63) is 80.6 Å². The molecule has 2 aromatic carbocycles. The first-order valence-electron chi connectivity index (χ1n) is 14.6. The average molecular weight is 646 g/mol. The van der Waals surface area contributed by atoms with Gasteiger partial charge in [0.2, 0.25) is 5.96 Å². The number of nitro benzene ring substituents is 1. The molecule has 0 spiro atoms. The number of guanidine groups is 1. The van der Waals surface area contributed by atoms with Crippen molar-refractivity contribution in [2.45, 2.75) is 65.7 Å². The van der Waals surface area contributed by atoms with Crippen molar-refractivity contribution in [1.82, 2.24) is 19.9 Å². The van der Waals surface area contributed by atoms with Gasteiger partial charge in [-0.1, -0.05) is 18.2 Å². The fraction of sp³-hybridized carbons (Fsp3) is 0.344. The lowest BCUT2D eigenvalue weighted by Gasteiger charge is -2.21. The highest BCUT2D eigenvalue weighted by Crippen LogP contribution is 2.31. The summed E-state index contributed by atoms with van der Waals surface area (Å²) in [5.74, 6) is -0.337. The van der Waals surface area contributed by atoms with Crippen LogP contribution >= 0.6 is 0 Å². The summed E-state index contributed by atoms with van der Waals surface area (Å²) in [4.78, 5) is 58.0. The lowest BCUT2D eigenvalue weighted by Crippen LogP contribution is -2.44. The molecule has 0 radical (unpaired) electrons. The van der Waals surface area contributed by atoms with Crippen molar-refractivity contribution in [2.24, 2.45) is 4.99 Å². The largest absolute Gasteiger partial charge is 0.444 e. The van der Waals surface area contributed by atoms with Crippen LogP contribution in [0.5, 0.6) is 0 Å². The van der Waals surface area contributed by atoms with Crippen LogP contribution in [0.3, 0.4) is 0 Å². The van der Waals surface area contributed by atoms with Gasteiger partial charge < -0.3 is 14.0 Å². The Bertz CT molecular complexity index is 1960. The Morgan fingerprint density at radius 3 is 2.28 bits per heavy atom. The highest BCUT2D eigenvalue weighted by atomic mass is 16.6. The van der Waals surface area contributed by atoms with Gasteiger partial charge in [-0.15, -0.1) is 4.99 Å². The Hall–Kier alpha value is -5.75. The zero-order valence-electron chi connectivity index (χ0n) is 26.8. The quantitative estimate of drug-likeness (QED) is 0.0858. The molecule has 0 saturated heterocycles. The number of fused-ring (bicyclic) bond motifs is 3. The van der Waals surface area contributed by atoms with E-state index >= 15 is 0 Å². The maximum Gasteiger partial charge on any atom is 0.437 e. The number of nitrogens with one attached hydrogen (secondary N) is 2. The van der Waals surface area contributed by atoms with Crippen LogP contribution < -0.4 is 16.4 Å². The summed E-state index contributed by atoms with van der Waals surface area (Å²) in [5.41, 5.74) is 2.31. The maximum absolute atomic E-state index is 13.4. The predicted octanol–water partition coefficient (Wildman–Crippen LogP) is 5.45. The number of ether oxygens (including phenoxy) is 2. The first kappa shape index (κ1) is 34.1. The molecule has 4 rings (SSSR count). The van der Waals surface area contributed by atoms with Gasteiger partial charge in [0.1, 0.15) is 22.8 Å². The third-order valence-electron chi connectivity index (χ3n) is 6.37. The topological polar surface area (TPSA) is 192 Å². The molecule has 246 valence electrons. The number of rotatable bonds is 7. The van der Waals surface area contributed by atoms with E-state index in [0.29, 0.717) is 29.7 Å². The van der Waals surface area contributed by atoms with Crippen molar-refractivity contribution in [2.75, 3.05) is 6.61 Å². The van der Waals surface area contributed by atoms with E-state index in [1.165, 1.54) is 34.9 Å². The van der Waals surface area contributed by atoms with Crippen LogP contribution in [-0.2, 0) is 20.9 Å². The summed E-state index contributed by atoms with van der Waals surface area (Å²) < 4.78 is 13.8. The van der Waals surface area contributed by atoms with E-state index in [0.717, 1.165) is 10.9 Å². The molecule has 15 heteroatoms. The molecule has 0 unspecified atom stereocenters. The highest BCUT2D eigenvalue weighted by molar-refractivity contribution is 6.07. The van der Waals surface area contributed by atoms with Crippen LogP contribution in [0.15, 0.2) is 64.4 Å². The number of para-hydroxylation sites is 1. The van der Waals surface area contributed by atoms with Gasteiger partial charge in [-0.05, 0) is 72.2 Å². The molecule has 2 aromatic heterocycles. The number of aliphatic imine (C=N–C) groups is 1. The molecule has 4 aromatic rings. The summed E-state index contributed by atoms with van der Waals surface area (Å²) in [6.07, 6.45) is -1.43. The molecular weight excluding hydrogens is 610 g/mol. The fourth-order valence-electron chi connectivity index (χ4n) is 4.66. The van der Waals surface area contributed by atoms with Crippen molar-refractivity contribution in [3.8, 4) is 11.8 Å². The Kier molecular flexibility index (Phi) is 9.96. The zero-order valence-corrected chi connectivity index (χ0v) is 26.8. The predicted molar refractivity (Wildman–Crippen MR) is 173 cm³/mol. The van der Waals surface area contributed by atoms with Gasteiger partial charge in [0.25, 0.3) is 11.2 Å². The van der Waals surface area contributed by atoms with Crippen LogP contribution in [0.2, 0.25) is 0 Å². The Morgan fingerprint density at radius 2 is 1.66 bits per heavy atom. The van der Waals surface area contributed by atoms with Crippen molar-refractivity contribution < 1.29 is 28.8 Å². The molecule has 47 heavy (non-hydrogen) atoms. The SMILES string of the molecule is CC(C)(C)OC(=O)N=C(NOCCCn1c2ccccc2c2c1cc(C#N)c(=O)n2-c1ccc([N+](=O)[O-])cc1)NC(=O)OC(C)(C)C. The lowest BCUT2D eigenvalue weighted by atomic mass is 10.2. The average Bonchev–Trinajstić information content (AvgIpc) is 3.27. The summed E-state index contributed by atoms with van der Waals surface area (Å²) in [6.45, 7) is 10.5. The number of non-ortho nitro benzene ring substituents is 1. The first-order chi connectivity index (χ1) is 22.1. The zero-order chi connectivity index (χ0) is 34.5. The standard InChI is InChI=1S/C32H35N7O8/c1-31(2,3)46-29(41)34-28(35-30(42)47-32(4,5)6)36-45-17-9-16-37-24-11-8-7-10-23(24)26-25(37)18-20(19-33)27(40)38(26)21-12-14-22(15-13-21)39(43)44/h7-8,10-15,18H,9,16-17H2,1-6H3,(H2,34,35,36,41,42). The van der Waals surface area contributed by atoms with E-state index in [9.17, 15) is 29.8 Å². The van der Waals surface area contributed by atoms with Crippen LogP contribution in [0, 0.1) is 21.4 Å². The number of hydrogen-bond donors (Lipinski definition) is 2. The third-order valence-corrected chi connectivity index (χ3v) is 6.37. The van der Waals surface area contributed by atoms with Crippen molar-refractivity contribution >= 4 is 45.8 Å². The molecule has 0 aliphatic heterocycles. The second-order valence-electron chi connectivity index (χ2n) is 12.4. The van der Waals surface area contributed by atoms with E-state index in [1.807, 2.05) is 34.9 Å². The number of alkyl carbamates (subject to hydrolysis) is 1. The normalized spacial score (nSPS) is 12.1. The van der Waals surface area contributed by atoms with Crippen LogP contribution in [0.4, 0.5) is 15.3 Å². The number of aromatic nitrogens is 2. The number of hydroxylamine groups is 1. The van der Waals surface area contributed by atoms with Gasteiger partial charge in [-0.25, -0.2) is 15.1 Å². The number of carbonyl (C=O) groups is 2. The second kappa shape index (κ2) is 13.7. The minimum atomic E-state index is -0.961. The van der Waals surface area contributed by atoms with Gasteiger partial charge in [-0.3, -0.25) is 29.6 Å². The Balaban J connectivity index is 1.60. The highest BCUT2D eigenvalue weighted by Gasteiger charge is 2.22. The number of amides is 2. The smallest absolute Gasteiger partial charge is 0.437 e. The van der Waals surface area contributed by atoms with Gasteiger partial charge in [0, 0.05) is 29.8 Å². The number of benzene rings is 2. The van der Waals surface area contributed by atoms with Crippen LogP contribution in [0.25, 0.3) is 27.6 Å². The van der Waals surface area contributed by atoms with Gasteiger partial charge in [0.05, 0.1) is 28.1 Å². The molecular formula is C32H35N7O8. The van der Waals surface area contributed by atoms with Gasteiger partial charge in [-0.2, -0.15) is 5.26 Å². The van der Waals surface area contributed by atoms with Crippen molar-refractivity contribution in [1.29, 1.82) is 5.26 Å². The number of pyridine rings is 1. The summed E-state index contributed by atoms with van der Waals surface area (Å²) in [5, 5.41) is 24.1. The molecule has 0 aliphatic carbocycles. The van der Waals surface area contributed by atoms with Crippen molar-refractivity contribution in [3.63, 3.8) is 0 Å². The summed E-state index contributed by atoms with van der Waals surface area (Å²) >= 11 is 0. The molecule has 0 aliphatic rings. The van der Waals surface area contributed by atoms with Gasteiger partial charge >= 0.3 is 12.2 Å². The summed E-state index contributed by atoms with van der Waals surface area (Å²) in [7, 11) is 0. The number of hydrogen-bond acceptors (Lipinski definition) is 9. The number of nitro groups is 1. The van der Waals surface area contributed by atoms with E-state index in [-0.39, 0.29) is 23.8 Å². The minimum absolute atomic E-state index is 0.0738. The first-order valence-corrected chi connectivity index (χ1v) is 14.6. The molecule has 0 atom stereocenters. The van der Waals surface area contributed by atoms with E-state index in [1.54, 1.807) is 41.5 Å². The van der Waals surface area contributed by atoms with E-state index in [2.05, 4.69) is 15.8 Å². The third kappa shape index (κ3) is 8.50. The molecule has 15 nitrogen and oxygen atoms in total.